The van der Waals surface area contributed by atoms with Crippen LogP contribution in [0.25, 0.3) is 10.6 Å². The van der Waals surface area contributed by atoms with E-state index in [4.69, 9.17) is 9.47 Å². The minimum atomic E-state index is -0.646. The first-order valence-electron chi connectivity index (χ1n) is 7.25. The third-order valence-electron chi connectivity index (χ3n) is 3.03. The molecule has 8 nitrogen and oxygen atoms in total. The van der Waals surface area contributed by atoms with Crippen LogP contribution < -0.4 is 15.6 Å². The second-order valence-corrected chi connectivity index (χ2v) is 5.97. The van der Waals surface area contributed by atoms with Gasteiger partial charge in [-0.25, -0.2) is 9.78 Å². The largest absolute Gasteiger partial charge is 0.497 e. The number of hydrogen-bond donors (Lipinski definition) is 2. The van der Waals surface area contributed by atoms with Gasteiger partial charge in [-0.1, -0.05) is 0 Å². The van der Waals surface area contributed by atoms with Gasteiger partial charge in [0.05, 0.1) is 12.8 Å². The Kier molecular flexibility index (Phi) is 6.07. The molecule has 2 aromatic rings. The Hall–Kier alpha value is -2.94. The summed E-state index contributed by atoms with van der Waals surface area (Å²) in [6.45, 7) is 2.43. The fraction of sp³-hybridized carbons (Fsp3) is 0.250. The molecule has 0 spiro atoms. The van der Waals surface area contributed by atoms with E-state index in [0.29, 0.717) is 15.6 Å². The summed E-state index contributed by atoms with van der Waals surface area (Å²) in [5.41, 5.74) is 5.57. The molecule has 0 aliphatic rings. The summed E-state index contributed by atoms with van der Waals surface area (Å²) in [6.07, 6.45) is 0. The van der Waals surface area contributed by atoms with Gasteiger partial charge >= 0.3 is 5.97 Å². The maximum absolute atomic E-state index is 12.1. The van der Waals surface area contributed by atoms with Crippen LogP contribution in [0.4, 0.5) is 0 Å². The molecule has 0 radical (unpaired) electrons. The standard InChI is InChI=1S/C16H17N3O5S/c1-9-14(16(22)24-8-13(21)19-18-10(2)20)25-15(17-9)11-4-6-12(23-3)7-5-11/h4-7H,8H2,1-3H3,(H,18,20)(H,19,21). The Morgan fingerprint density at radius 1 is 1.16 bits per heavy atom. The monoisotopic (exact) mass is 363 g/mol. The summed E-state index contributed by atoms with van der Waals surface area (Å²) in [6, 6.07) is 7.28. The lowest BCUT2D eigenvalue weighted by Crippen LogP contribution is -2.42. The van der Waals surface area contributed by atoms with E-state index in [9.17, 15) is 14.4 Å². The molecule has 0 saturated heterocycles. The molecule has 0 fully saturated rings. The predicted octanol–water partition coefficient (Wildman–Crippen LogP) is 1.45. The Morgan fingerprint density at radius 2 is 1.84 bits per heavy atom. The van der Waals surface area contributed by atoms with Crippen molar-refractivity contribution in [2.24, 2.45) is 0 Å². The quantitative estimate of drug-likeness (QED) is 0.615. The van der Waals surface area contributed by atoms with Gasteiger partial charge < -0.3 is 9.47 Å². The number of ether oxygens (including phenoxy) is 2. The van der Waals surface area contributed by atoms with E-state index < -0.39 is 24.4 Å². The molecule has 0 bridgehead atoms. The first-order chi connectivity index (χ1) is 11.9. The van der Waals surface area contributed by atoms with Crippen LogP contribution in [0.2, 0.25) is 0 Å². The number of esters is 1. The Labute approximate surface area is 148 Å². The average molecular weight is 363 g/mol. The molecular weight excluding hydrogens is 346 g/mol. The lowest BCUT2D eigenvalue weighted by Gasteiger charge is -2.05. The molecule has 2 N–H and O–H groups in total. The first kappa shape index (κ1) is 18.4. The van der Waals surface area contributed by atoms with Crippen LogP contribution in [0, 0.1) is 6.92 Å². The number of carbonyl (C=O) groups excluding carboxylic acids is 3. The lowest BCUT2D eigenvalue weighted by molar-refractivity contribution is -0.129. The molecular formula is C16H17N3O5S. The van der Waals surface area contributed by atoms with E-state index in [-0.39, 0.29) is 0 Å². The second kappa shape index (κ2) is 8.25. The number of thiazole rings is 1. The summed E-state index contributed by atoms with van der Waals surface area (Å²) in [7, 11) is 1.58. The zero-order valence-electron chi connectivity index (χ0n) is 13.9. The molecule has 1 aromatic heterocycles. The zero-order valence-corrected chi connectivity index (χ0v) is 14.7. The maximum Gasteiger partial charge on any atom is 0.350 e. The molecule has 0 atom stereocenters. The maximum atomic E-state index is 12.1. The number of carbonyl (C=O) groups is 3. The first-order valence-corrected chi connectivity index (χ1v) is 8.06. The number of rotatable bonds is 5. The summed E-state index contributed by atoms with van der Waals surface area (Å²) in [4.78, 5) is 38.9. The summed E-state index contributed by atoms with van der Waals surface area (Å²) in [5, 5.41) is 0.662. The van der Waals surface area contributed by atoms with Gasteiger partial charge in [0.2, 0.25) is 5.91 Å². The van der Waals surface area contributed by atoms with Crippen molar-refractivity contribution in [3.05, 3.63) is 34.8 Å². The fourth-order valence-corrected chi connectivity index (χ4v) is 2.80. The molecule has 0 unspecified atom stereocenters. The van der Waals surface area contributed by atoms with Crippen molar-refractivity contribution in [1.29, 1.82) is 0 Å². The van der Waals surface area contributed by atoms with E-state index in [1.807, 2.05) is 12.1 Å². The van der Waals surface area contributed by atoms with Crippen molar-refractivity contribution in [3.63, 3.8) is 0 Å². The number of amides is 2. The van der Waals surface area contributed by atoms with E-state index in [1.165, 1.54) is 18.3 Å². The van der Waals surface area contributed by atoms with E-state index in [2.05, 4.69) is 15.8 Å². The number of aromatic nitrogens is 1. The number of aryl methyl sites for hydroxylation is 1. The third-order valence-corrected chi connectivity index (χ3v) is 4.22. The number of hydrogen-bond acceptors (Lipinski definition) is 7. The highest BCUT2D eigenvalue weighted by Gasteiger charge is 2.18. The molecule has 132 valence electrons. The van der Waals surface area contributed by atoms with E-state index in [1.54, 1.807) is 26.2 Å². The van der Waals surface area contributed by atoms with Gasteiger partial charge in [0.15, 0.2) is 6.61 Å². The van der Waals surface area contributed by atoms with Gasteiger partial charge in [-0.05, 0) is 31.2 Å². The Morgan fingerprint density at radius 3 is 2.44 bits per heavy atom. The van der Waals surface area contributed by atoms with Crippen LogP contribution in [0.3, 0.4) is 0 Å². The summed E-state index contributed by atoms with van der Waals surface area (Å²) in [5.74, 6) is -0.988. The van der Waals surface area contributed by atoms with Gasteiger partial charge in [0.1, 0.15) is 15.6 Å². The molecule has 9 heteroatoms. The second-order valence-electron chi connectivity index (χ2n) is 4.97. The molecule has 2 rings (SSSR count). The minimum Gasteiger partial charge on any atom is -0.497 e. The van der Waals surface area contributed by atoms with Crippen LogP contribution in [0.15, 0.2) is 24.3 Å². The van der Waals surface area contributed by atoms with Crippen LogP contribution in [-0.2, 0) is 14.3 Å². The highest BCUT2D eigenvalue weighted by Crippen LogP contribution is 2.29. The van der Waals surface area contributed by atoms with Gasteiger partial charge in [-0.2, -0.15) is 0 Å². The number of methoxy groups -OCH3 is 1. The van der Waals surface area contributed by atoms with Gasteiger partial charge in [-0.3, -0.25) is 20.4 Å². The fourth-order valence-electron chi connectivity index (χ4n) is 1.83. The highest BCUT2D eigenvalue weighted by molar-refractivity contribution is 7.17. The van der Waals surface area contributed by atoms with Crippen molar-refractivity contribution in [2.75, 3.05) is 13.7 Å². The van der Waals surface area contributed by atoms with Crippen molar-refractivity contribution in [2.45, 2.75) is 13.8 Å². The molecule has 1 heterocycles. The number of nitrogens with zero attached hydrogens (tertiary/aromatic N) is 1. The van der Waals surface area contributed by atoms with E-state index in [0.717, 1.165) is 11.3 Å². The van der Waals surface area contributed by atoms with Crippen molar-refractivity contribution >= 4 is 29.1 Å². The molecule has 0 aliphatic heterocycles. The normalized spacial score (nSPS) is 10.0. The van der Waals surface area contributed by atoms with Crippen LogP contribution in [-0.4, -0.2) is 36.5 Å². The van der Waals surface area contributed by atoms with E-state index >= 15 is 0 Å². The van der Waals surface area contributed by atoms with Crippen molar-refractivity contribution in [3.8, 4) is 16.3 Å². The summed E-state index contributed by atoms with van der Waals surface area (Å²) < 4.78 is 10.0. The Bertz CT molecular complexity index is 786. The van der Waals surface area contributed by atoms with Gasteiger partial charge in [0, 0.05) is 12.5 Å². The van der Waals surface area contributed by atoms with Gasteiger partial charge in [0.25, 0.3) is 5.91 Å². The van der Waals surface area contributed by atoms with Gasteiger partial charge in [-0.15, -0.1) is 11.3 Å². The highest BCUT2D eigenvalue weighted by atomic mass is 32.1. The lowest BCUT2D eigenvalue weighted by atomic mass is 10.2. The van der Waals surface area contributed by atoms with Crippen molar-refractivity contribution in [1.82, 2.24) is 15.8 Å². The van der Waals surface area contributed by atoms with Crippen LogP contribution in [0.1, 0.15) is 22.3 Å². The van der Waals surface area contributed by atoms with Crippen molar-refractivity contribution < 1.29 is 23.9 Å². The topological polar surface area (TPSA) is 107 Å². The average Bonchev–Trinajstić information content (AvgIpc) is 2.99. The third kappa shape index (κ3) is 5.01. The predicted molar refractivity (Wildman–Crippen MR) is 91.1 cm³/mol. The minimum absolute atomic E-state index is 0.318. The Balaban J connectivity index is 2.02. The van der Waals surface area contributed by atoms with Crippen LogP contribution in [0.5, 0.6) is 5.75 Å². The zero-order chi connectivity index (χ0) is 18.4. The molecule has 0 saturated carbocycles. The molecule has 1 aromatic carbocycles. The molecule has 2 amide bonds. The SMILES string of the molecule is COc1ccc(-c2nc(C)c(C(=O)OCC(=O)NNC(C)=O)s2)cc1. The number of nitrogens with one attached hydrogen (secondary N) is 2. The molecule has 0 aliphatic carbocycles. The van der Waals surface area contributed by atoms with Crippen LogP contribution >= 0.6 is 11.3 Å². The summed E-state index contributed by atoms with van der Waals surface area (Å²) >= 11 is 1.18. The smallest absolute Gasteiger partial charge is 0.350 e. The molecule has 25 heavy (non-hydrogen) atoms. The number of hydrazine groups is 1. The number of benzene rings is 1.